The lowest BCUT2D eigenvalue weighted by Crippen LogP contribution is -2.15. The minimum Gasteiger partial charge on any atom is -0.497 e. The van der Waals surface area contributed by atoms with Crippen LogP contribution in [0.15, 0.2) is 67.0 Å². The SMILES string of the molecule is COc1cccc(CC(Nc2ncc(C)cn2)c2ccccc2)c1. The summed E-state index contributed by atoms with van der Waals surface area (Å²) in [6.45, 7) is 1.98. The summed E-state index contributed by atoms with van der Waals surface area (Å²) in [6, 6.07) is 18.6. The number of nitrogens with zero attached hydrogens (tertiary/aromatic N) is 2. The van der Waals surface area contributed by atoms with E-state index in [9.17, 15) is 0 Å². The summed E-state index contributed by atoms with van der Waals surface area (Å²) in [7, 11) is 1.69. The molecule has 122 valence electrons. The number of hydrogen-bond donors (Lipinski definition) is 1. The first-order valence-electron chi connectivity index (χ1n) is 7.97. The van der Waals surface area contributed by atoms with E-state index >= 15 is 0 Å². The number of methoxy groups -OCH3 is 1. The normalized spacial score (nSPS) is 11.8. The minimum atomic E-state index is 0.0843. The van der Waals surface area contributed by atoms with Gasteiger partial charge in [0, 0.05) is 12.4 Å². The molecule has 0 aliphatic carbocycles. The molecule has 2 aromatic carbocycles. The van der Waals surface area contributed by atoms with Crippen molar-refractivity contribution in [2.45, 2.75) is 19.4 Å². The van der Waals surface area contributed by atoms with Crippen LogP contribution in [0.1, 0.15) is 22.7 Å². The maximum absolute atomic E-state index is 5.33. The summed E-state index contributed by atoms with van der Waals surface area (Å²) in [5.41, 5.74) is 3.44. The molecule has 4 nitrogen and oxygen atoms in total. The van der Waals surface area contributed by atoms with E-state index in [0.717, 1.165) is 17.7 Å². The average Bonchev–Trinajstić information content (AvgIpc) is 2.64. The molecule has 0 bridgehead atoms. The third-order valence-corrected chi connectivity index (χ3v) is 3.86. The van der Waals surface area contributed by atoms with Crippen LogP contribution in [0.5, 0.6) is 5.75 Å². The molecule has 0 radical (unpaired) electrons. The van der Waals surface area contributed by atoms with Crippen LogP contribution in [-0.2, 0) is 6.42 Å². The summed E-state index contributed by atoms with van der Waals surface area (Å²) in [6.07, 6.45) is 4.46. The zero-order valence-corrected chi connectivity index (χ0v) is 13.9. The van der Waals surface area contributed by atoms with Gasteiger partial charge in [0.05, 0.1) is 13.2 Å². The lowest BCUT2D eigenvalue weighted by atomic mass is 9.99. The molecule has 0 amide bonds. The Morgan fingerprint density at radius 2 is 1.75 bits per heavy atom. The number of rotatable bonds is 6. The Labute approximate surface area is 142 Å². The number of hydrogen-bond acceptors (Lipinski definition) is 4. The number of ether oxygens (including phenoxy) is 1. The highest BCUT2D eigenvalue weighted by atomic mass is 16.5. The maximum Gasteiger partial charge on any atom is 0.223 e. The minimum absolute atomic E-state index is 0.0843. The van der Waals surface area contributed by atoms with Crippen molar-refractivity contribution in [2.24, 2.45) is 0 Å². The summed E-state index contributed by atoms with van der Waals surface area (Å²) in [5, 5.41) is 3.45. The Balaban J connectivity index is 1.85. The molecule has 1 unspecified atom stereocenters. The van der Waals surface area contributed by atoms with Gasteiger partial charge in [-0.3, -0.25) is 0 Å². The van der Waals surface area contributed by atoms with Gasteiger partial charge in [0.1, 0.15) is 5.75 Å². The third-order valence-electron chi connectivity index (χ3n) is 3.86. The molecule has 3 aromatic rings. The first-order chi connectivity index (χ1) is 11.7. The molecule has 1 aromatic heterocycles. The third kappa shape index (κ3) is 4.10. The van der Waals surface area contributed by atoms with E-state index in [-0.39, 0.29) is 6.04 Å². The second kappa shape index (κ2) is 7.59. The summed E-state index contributed by atoms with van der Waals surface area (Å²) >= 11 is 0. The second-order valence-corrected chi connectivity index (χ2v) is 5.75. The summed E-state index contributed by atoms with van der Waals surface area (Å²) in [5.74, 6) is 1.50. The van der Waals surface area contributed by atoms with E-state index in [2.05, 4.69) is 39.6 Å². The highest BCUT2D eigenvalue weighted by Gasteiger charge is 2.14. The number of aryl methyl sites for hydroxylation is 1. The van der Waals surface area contributed by atoms with Crippen molar-refractivity contribution in [2.75, 3.05) is 12.4 Å². The molecule has 1 heterocycles. The van der Waals surface area contributed by atoms with Crippen molar-refractivity contribution < 1.29 is 4.74 Å². The molecule has 3 rings (SSSR count). The van der Waals surface area contributed by atoms with Crippen molar-refractivity contribution in [3.8, 4) is 5.75 Å². The van der Waals surface area contributed by atoms with E-state index in [4.69, 9.17) is 4.74 Å². The first kappa shape index (κ1) is 16.0. The average molecular weight is 319 g/mol. The van der Waals surface area contributed by atoms with Gasteiger partial charge < -0.3 is 10.1 Å². The molecule has 0 aliphatic rings. The van der Waals surface area contributed by atoms with Gasteiger partial charge >= 0.3 is 0 Å². The molecule has 0 aliphatic heterocycles. The van der Waals surface area contributed by atoms with Crippen molar-refractivity contribution in [1.82, 2.24) is 9.97 Å². The van der Waals surface area contributed by atoms with E-state index in [1.807, 2.05) is 49.6 Å². The molecular weight excluding hydrogens is 298 g/mol. The van der Waals surface area contributed by atoms with Gasteiger partial charge in [-0.25, -0.2) is 9.97 Å². The van der Waals surface area contributed by atoms with Crippen LogP contribution in [0.2, 0.25) is 0 Å². The van der Waals surface area contributed by atoms with Gasteiger partial charge in [-0.15, -0.1) is 0 Å². The standard InChI is InChI=1S/C20H21N3O/c1-15-13-21-20(22-14-15)23-19(17-8-4-3-5-9-17)12-16-7-6-10-18(11-16)24-2/h3-11,13-14,19H,12H2,1-2H3,(H,21,22,23). The monoisotopic (exact) mass is 319 g/mol. The van der Waals surface area contributed by atoms with Crippen LogP contribution < -0.4 is 10.1 Å². The summed E-state index contributed by atoms with van der Waals surface area (Å²) < 4.78 is 5.33. The van der Waals surface area contributed by atoms with Crippen LogP contribution >= 0.6 is 0 Å². The lowest BCUT2D eigenvalue weighted by molar-refractivity contribution is 0.414. The number of aromatic nitrogens is 2. The zero-order chi connectivity index (χ0) is 16.8. The van der Waals surface area contributed by atoms with Crippen molar-refractivity contribution >= 4 is 5.95 Å². The predicted octanol–water partition coefficient (Wildman–Crippen LogP) is 4.19. The summed E-state index contributed by atoms with van der Waals surface area (Å²) in [4.78, 5) is 8.74. The fraction of sp³-hybridized carbons (Fsp3) is 0.200. The van der Waals surface area contributed by atoms with Crippen molar-refractivity contribution in [3.05, 3.63) is 83.7 Å². The van der Waals surface area contributed by atoms with Crippen LogP contribution in [0.25, 0.3) is 0 Å². The lowest BCUT2D eigenvalue weighted by Gasteiger charge is -2.19. The number of nitrogens with one attached hydrogen (secondary N) is 1. The molecule has 0 saturated carbocycles. The van der Waals surface area contributed by atoms with Gasteiger partial charge in [0.2, 0.25) is 5.95 Å². The number of benzene rings is 2. The van der Waals surface area contributed by atoms with E-state index in [1.54, 1.807) is 7.11 Å². The Hall–Kier alpha value is -2.88. The molecule has 1 N–H and O–H groups in total. The highest BCUT2D eigenvalue weighted by molar-refractivity contribution is 5.36. The fourth-order valence-electron chi connectivity index (χ4n) is 2.60. The van der Waals surface area contributed by atoms with Gasteiger partial charge in [-0.2, -0.15) is 0 Å². The Morgan fingerprint density at radius 3 is 2.46 bits per heavy atom. The fourth-order valence-corrected chi connectivity index (χ4v) is 2.60. The molecule has 0 spiro atoms. The van der Waals surface area contributed by atoms with Crippen molar-refractivity contribution in [1.29, 1.82) is 0 Å². The van der Waals surface area contributed by atoms with E-state index in [1.165, 1.54) is 11.1 Å². The first-order valence-corrected chi connectivity index (χ1v) is 7.97. The van der Waals surface area contributed by atoms with E-state index < -0.39 is 0 Å². The van der Waals surface area contributed by atoms with E-state index in [0.29, 0.717) is 5.95 Å². The molecule has 24 heavy (non-hydrogen) atoms. The van der Waals surface area contributed by atoms with Gasteiger partial charge in [0.15, 0.2) is 0 Å². The Bertz CT molecular complexity index is 772. The zero-order valence-electron chi connectivity index (χ0n) is 13.9. The highest BCUT2D eigenvalue weighted by Crippen LogP contribution is 2.24. The Morgan fingerprint density at radius 1 is 1.00 bits per heavy atom. The van der Waals surface area contributed by atoms with Gasteiger partial charge in [0.25, 0.3) is 0 Å². The largest absolute Gasteiger partial charge is 0.497 e. The van der Waals surface area contributed by atoms with Crippen LogP contribution in [0, 0.1) is 6.92 Å². The smallest absolute Gasteiger partial charge is 0.223 e. The number of anilines is 1. The molecular formula is C20H21N3O. The molecule has 1 atom stereocenters. The molecule has 4 heteroatoms. The van der Waals surface area contributed by atoms with Crippen LogP contribution in [-0.4, -0.2) is 17.1 Å². The molecule has 0 fully saturated rings. The van der Waals surface area contributed by atoms with Crippen molar-refractivity contribution in [3.63, 3.8) is 0 Å². The van der Waals surface area contributed by atoms with Gasteiger partial charge in [-0.05, 0) is 42.2 Å². The predicted molar refractivity (Wildman–Crippen MR) is 96.3 cm³/mol. The van der Waals surface area contributed by atoms with Gasteiger partial charge in [-0.1, -0.05) is 42.5 Å². The maximum atomic E-state index is 5.33. The second-order valence-electron chi connectivity index (χ2n) is 5.75. The topological polar surface area (TPSA) is 47.0 Å². The Kier molecular flexibility index (Phi) is 5.06. The van der Waals surface area contributed by atoms with Crippen LogP contribution in [0.3, 0.4) is 0 Å². The molecule has 0 saturated heterocycles. The quantitative estimate of drug-likeness (QED) is 0.740. The van der Waals surface area contributed by atoms with Crippen LogP contribution in [0.4, 0.5) is 5.95 Å².